The Morgan fingerprint density at radius 1 is 1.30 bits per heavy atom. The number of benzene rings is 2. The standard InChI is InChI=1S/C15H11BrN2O2/c1-9-5-6-10(16)7-13(9)18-8-17-12-4-2-3-11(14(12)18)15(19)20/h2-8H,1H3,(H,19,20). The van der Waals surface area contributed by atoms with Gasteiger partial charge in [-0.05, 0) is 36.8 Å². The Kier molecular flexibility index (Phi) is 3.06. The maximum absolute atomic E-state index is 11.4. The van der Waals surface area contributed by atoms with E-state index in [1.807, 2.05) is 35.8 Å². The van der Waals surface area contributed by atoms with E-state index in [-0.39, 0.29) is 5.56 Å². The quantitative estimate of drug-likeness (QED) is 0.777. The molecule has 0 unspecified atom stereocenters. The minimum atomic E-state index is -0.954. The highest BCUT2D eigenvalue weighted by atomic mass is 79.9. The first-order valence-electron chi connectivity index (χ1n) is 6.04. The van der Waals surface area contributed by atoms with E-state index >= 15 is 0 Å². The molecule has 1 N–H and O–H groups in total. The van der Waals surface area contributed by atoms with Gasteiger partial charge in [-0.3, -0.25) is 4.57 Å². The lowest BCUT2D eigenvalue weighted by Gasteiger charge is -2.10. The first kappa shape index (κ1) is 12.9. The summed E-state index contributed by atoms with van der Waals surface area (Å²) >= 11 is 3.44. The van der Waals surface area contributed by atoms with Gasteiger partial charge >= 0.3 is 5.97 Å². The molecule has 0 aliphatic rings. The van der Waals surface area contributed by atoms with Crippen molar-refractivity contribution < 1.29 is 9.90 Å². The van der Waals surface area contributed by atoms with Crippen LogP contribution in [0.1, 0.15) is 15.9 Å². The molecule has 0 aliphatic carbocycles. The number of para-hydroxylation sites is 1. The van der Waals surface area contributed by atoms with E-state index in [9.17, 15) is 9.90 Å². The minimum absolute atomic E-state index is 0.249. The minimum Gasteiger partial charge on any atom is -0.478 e. The number of hydrogen-bond acceptors (Lipinski definition) is 2. The first-order chi connectivity index (χ1) is 9.58. The predicted molar refractivity (Wildman–Crippen MR) is 80.5 cm³/mol. The Morgan fingerprint density at radius 3 is 2.85 bits per heavy atom. The van der Waals surface area contributed by atoms with Crippen LogP contribution in [0.5, 0.6) is 0 Å². The topological polar surface area (TPSA) is 55.1 Å². The summed E-state index contributed by atoms with van der Waals surface area (Å²) in [6.07, 6.45) is 1.66. The van der Waals surface area contributed by atoms with Gasteiger partial charge in [0.1, 0.15) is 6.33 Å². The Hall–Kier alpha value is -2.14. The molecule has 20 heavy (non-hydrogen) atoms. The Bertz CT molecular complexity index is 824. The van der Waals surface area contributed by atoms with Crippen LogP contribution in [-0.4, -0.2) is 20.6 Å². The maximum atomic E-state index is 11.4. The van der Waals surface area contributed by atoms with Crippen molar-refractivity contribution in [2.75, 3.05) is 0 Å². The summed E-state index contributed by atoms with van der Waals surface area (Å²) < 4.78 is 2.76. The van der Waals surface area contributed by atoms with Gasteiger partial charge < -0.3 is 5.11 Å². The number of aromatic nitrogens is 2. The van der Waals surface area contributed by atoms with Crippen molar-refractivity contribution in [3.8, 4) is 5.69 Å². The average Bonchev–Trinajstić information content (AvgIpc) is 2.85. The van der Waals surface area contributed by atoms with Crippen LogP contribution in [0.15, 0.2) is 47.2 Å². The van der Waals surface area contributed by atoms with Gasteiger partial charge in [-0.15, -0.1) is 0 Å². The van der Waals surface area contributed by atoms with Gasteiger partial charge in [-0.2, -0.15) is 0 Å². The zero-order valence-corrected chi connectivity index (χ0v) is 12.3. The van der Waals surface area contributed by atoms with E-state index in [1.54, 1.807) is 18.5 Å². The van der Waals surface area contributed by atoms with E-state index in [1.165, 1.54) is 0 Å². The van der Waals surface area contributed by atoms with Crippen molar-refractivity contribution in [2.24, 2.45) is 0 Å². The molecule has 0 spiro atoms. The SMILES string of the molecule is Cc1ccc(Br)cc1-n1cnc2cccc(C(=O)O)c21. The van der Waals surface area contributed by atoms with Crippen LogP contribution >= 0.6 is 15.9 Å². The van der Waals surface area contributed by atoms with Crippen LogP contribution < -0.4 is 0 Å². The smallest absolute Gasteiger partial charge is 0.337 e. The highest BCUT2D eigenvalue weighted by Crippen LogP contribution is 2.26. The van der Waals surface area contributed by atoms with Crippen LogP contribution in [0.2, 0.25) is 0 Å². The fraction of sp³-hybridized carbons (Fsp3) is 0.0667. The predicted octanol–water partition coefficient (Wildman–Crippen LogP) is 3.79. The molecule has 0 saturated heterocycles. The number of fused-ring (bicyclic) bond motifs is 1. The molecular weight excluding hydrogens is 320 g/mol. The average molecular weight is 331 g/mol. The van der Waals surface area contributed by atoms with Crippen molar-refractivity contribution in [1.82, 2.24) is 9.55 Å². The number of aromatic carboxylic acids is 1. The molecule has 4 nitrogen and oxygen atoms in total. The normalized spacial score (nSPS) is 10.9. The number of aryl methyl sites for hydroxylation is 1. The summed E-state index contributed by atoms with van der Waals surface area (Å²) in [6, 6.07) is 11.0. The van der Waals surface area contributed by atoms with Gasteiger partial charge in [-0.1, -0.05) is 28.1 Å². The van der Waals surface area contributed by atoms with E-state index in [4.69, 9.17) is 0 Å². The lowest BCUT2D eigenvalue weighted by Crippen LogP contribution is -2.02. The van der Waals surface area contributed by atoms with Crippen LogP contribution in [0.25, 0.3) is 16.7 Å². The molecule has 0 aliphatic heterocycles. The molecule has 1 heterocycles. The number of rotatable bonds is 2. The van der Waals surface area contributed by atoms with Crippen molar-refractivity contribution in [3.63, 3.8) is 0 Å². The summed E-state index contributed by atoms with van der Waals surface area (Å²) in [6.45, 7) is 1.98. The highest BCUT2D eigenvalue weighted by molar-refractivity contribution is 9.10. The Morgan fingerprint density at radius 2 is 2.10 bits per heavy atom. The van der Waals surface area contributed by atoms with Crippen LogP contribution in [0.4, 0.5) is 0 Å². The summed E-state index contributed by atoms with van der Waals surface area (Å²) in [7, 11) is 0. The van der Waals surface area contributed by atoms with Crippen molar-refractivity contribution in [1.29, 1.82) is 0 Å². The van der Waals surface area contributed by atoms with E-state index in [0.717, 1.165) is 15.7 Å². The maximum Gasteiger partial charge on any atom is 0.337 e. The van der Waals surface area contributed by atoms with Crippen molar-refractivity contribution in [3.05, 3.63) is 58.3 Å². The second kappa shape index (κ2) is 4.76. The summed E-state index contributed by atoms with van der Waals surface area (Å²) in [5.74, 6) is -0.954. The third-order valence-corrected chi connectivity index (χ3v) is 3.72. The molecule has 3 rings (SSSR count). The van der Waals surface area contributed by atoms with Gasteiger partial charge in [-0.25, -0.2) is 9.78 Å². The van der Waals surface area contributed by atoms with Crippen molar-refractivity contribution in [2.45, 2.75) is 6.92 Å². The molecule has 5 heteroatoms. The molecule has 0 atom stereocenters. The summed E-state index contributed by atoms with van der Waals surface area (Å²) in [5, 5.41) is 9.35. The van der Waals surface area contributed by atoms with Crippen LogP contribution in [-0.2, 0) is 0 Å². The van der Waals surface area contributed by atoms with E-state index in [2.05, 4.69) is 20.9 Å². The number of carboxylic acid groups (broad SMARTS) is 1. The highest BCUT2D eigenvalue weighted by Gasteiger charge is 2.15. The summed E-state index contributed by atoms with van der Waals surface area (Å²) in [5.41, 5.74) is 3.49. The van der Waals surface area contributed by atoms with E-state index < -0.39 is 5.97 Å². The number of halogens is 1. The fourth-order valence-corrected chi connectivity index (χ4v) is 2.61. The van der Waals surface area contributed by atoms with Gasteiger partial charge in [0, 0.05) is 4.47 Å². The molecule has 0 fully saturated rings. The number of hydrogen-bond donors (Lipinski definition) is 1. The lowest BCUT2D eigenvalue weighted by molar-refractivity contribution is 0.0698. The molecule has 100 valence electrons. The fourth-order valence-electron chi connectivity index (χ4n) is 2.26. The number of nitrogens with zero attached hydrogens (tertiary/aromatic N) is 2. The number of carbonyl (C=O) groups is 1. The molecule has 1 aromatic heterocycles. The van der Waals surface area contributed by atoms with E-state index in [0.29, 0.717) is 11.0 Å². The molecule has 0 amide bonds. The van der Waals surface area contributed by atoms with Crippen molar-refractivity contribution >= 4 is 32.9 Å². The monoisotopic (exact) mass is 330 g/mol. The number of imidazole rings is 1. The van der Waals surface area contributed by atoms with Gasteiger partial charge in [0.2, 0.25) is 0 Å². The molecule has 3 aromatic rings. The third kappa shape index (κ3) is 2.00. The molecule has 2 aromatic carbocycles. The Labute approximate surface area is 123 Å². The third-order valence-electron chi connectivity index (χ3n) is 3.23. The lowest BCUT2D eigenvalue weighted by atomic mass is 10.1. The Balaban J connectivity index is 2.37. The van der Waals surface area contributed by atoms with Crippen LogP contribution in [0, 0.1) is 6.92 Å². The second-order valence-electron chi connectivity index (χ2n) is 4.52. The molecule has 0 saturated carbocycles. The molecule has 0 radical (unpaired) electrons. The molecular formula is C15H11BrN2O2. The summed E-state index contributed by atoms with van der Waals surface area (Å²) in [4.78, 5) is 15.7. The zero-order valence-electron chi connectivity index (χ0n) is 10.7. The van der Waals surface area contributed by atoms with Gasteiger partial charge in [0.05, 0.1) is 22.3 Å². The van der Waals surface area contributed by atoms with Gasteiger partial charge in [0.15, 0.2) is 0 Å². The number of carboxylic acids is 1. The molecule has 0 bridgehead atoms. The largest absolute Gasteiger partial charge is 0.478 e. The zero-order chi connectivity index (χ0) is 14.3. The second-order valence-corrected chi connectivity index (χ2v) is 5.44. The van der Waals surface area contributed by atoms with Crippen LogP contribution in [0.3, 0.4) is 0 Å². The van der Waals surface area contributed by atoms with Gasteiger partial charge in [0.25, 0.3) is 0 Å². The first-order valence-corrected chi connectivity index (χ1v) is 6.83.